The van der Waals surface area contributed by atoms with Gasteiger partial charge >= 0.3 is 0 Å². The van der Waals surface area contributed by atoms with E-state index in [-0.39, 0.29) is 11.3 Å². The van der Waals surface area contributed by atoms with Crippen LogP contribution in [0.3, 0.4) is 0 Å². The minimum Gasteiger partial charge on any atom is -0.493 e. The average Bonchev–Trinajstić information content (AvgIpc) is 2.61. The fourth-order valence-corrected chi connectivity index (χ4v) is 3.42. The standard InChI is InChI=1S/C17H22N2O4/c1-18-16(20)15-11-8-13(21-2)14(22-3)9-12(11)17(10-19-15)4-6-23-7-5-17/h8-9H,4-7,10H2,1-3H3,(H,18,20). The van der Waals surface area contributed by atoms with E-state index < -0.39 is 0 Å². The number of benzene rings is 1. The summed E-state index contributed by atoms with van der Waals surface area (Å²) in [6.07, 6.45) is 1.78. The molecule has 6 nitrogen and oxygen atoms in total. The van der Waals surface area contributed by atoms with Gasteiger partial charge in [-0.3, -0.25) is 9.79 Å². The minimum absolute atomic E-state index is 0.0926. The van der Waals surface area contributed by atoms with Gasteiger partial charge in [-0.15, -0.1) is 0 Å². The zero-order valence-electron chi connectivity index (χ0n) is 13.8. The molecule has 23 heavy (non-hydrogen) atoms. The van der Waals surface area contributed by atoms with E-state index in [0.717, 1.165) is 24.0 Å². The Balaban J connectivity index is 2.18. The van der Waals surface area contributed by atoms with Gasteiger partial charge in [0.1, 0.15) is 5.71 Å². The van der Waals surface area contributed by atoms with Gasteiger partial charge in [0.05, 0.1) is 14.2 Å². The number of likely N-dealkylation sites (N-methyl/N-ethyl adjacent to an activating group) is 1. The van der Waals surface area contributed by atoms with Crippen LogP contribution in [0.4, 0.5) is 0 Å². The van der Waals surface area contributed by atoms with Crippen molar-refractivity contribution in [1.29, 1.82) is 0 Å². The van der Waals surface area contributed by atoms with Crippen LogP contribution in [0.1, 0.15) is 24.0 Å². The van der Waals surface area contributed by atoms with Crippen LogP contribution in [0.15, 0.2) is 17.1 Å². The van der Waals surface area contributed by atoms with E-state index in [1.54, 1.807) is 21.3 Å². The van der Waals surface area contributed by atoms with Gasteiger partial charge in [-0.2, -0.15) is 0 Å². The van der Waals surface area contributed by atoms with E-state index >= 15 is 0 Å². The zero-order chi connectivity index (χ0) is 16.4. The number of nitrogens with one attached hydrogen (secondary N) is 1. The van der Waals surface area contributed by atoms with E-state index in [4.69, 9.17) is 14.2 Å². The SMILES string of the molecule is CNC(=O)C1=NCC2(CCOCC2)c2cc(OC)c(OC)cc21. The number of aliphatic imine (C=N–C) groups is 1. The van der Waals surface area contributed by atoms with Crippen molar-refractivity contribution in [2.45, 2.75) is 18.3 Å². The van der Waals surface area contributed by atoms with Crippen molar-refractivity contribution in [1.82, 2.24) is 5.32 Å². The maximum absolute atomic E-state index is 12.2. The first kappa shape index (κ1) is 15.8. The molecule has 1 aromatic carbocycles. The Morgan fingerprint density at radius 2 is 1.87 bits per heavy atom. The number of carbonyl (C=O) groups is 1. The second kappa shape index (κ2) is 6.20. The normalized spacial score (nSPS) is 18.8. The predicted molar refractivity (Wildman–Crippen MR) is 86.7 cm³/mol. The third kappa shape index (κ3) is 2.57. The molecular formula is C17H22N2O4. The maximum Gasteiger partial charge on any atom is 0.269 e. The van der Waals surface area contributed by atoms with Crippen LogP contribution in [0.25, 0.3) is 0 Å². The molecule has 0 atom stereocenters. The monoisotopic (exact) mass is 318 g/mol. The second-order valence-electron chi connectivity index (χ2n) is 5.89. The summed E-state index contributed by atoms with van der Waals surface area (Å²) in [5, 5.41) is 2.67. The molecule has 1 saturated heterocycles. The van der Waals surface area contributed by atoms with Gasteiger partial charge in [0.2, 0.25) is 0 Å². The fourth-order valence-electron chi connectivity index (χ4n) is 3.42. The first-order chi connectivity index (χ1) is 11.1. The first-order valence-corrected chi connectivity index (χ1v) is 7.76. The molecular weight excluding hydrogens is 296 g/mol. The molecule has 0 unspecified atom stereocenters. The summed E-state index contributed by atoms with van der Waals surface area (Å²) < 4.78 is 16.4. The molecule has 2 aliphatic rings. The Bertz CT molecular complexity index is 648. The van der Waals surface area contributed by atoms with E-state index in [1.165, 1.54) is 0 Å². The Kier molecular flexibility index (Phi) is 4.26. The zero-order valence-corrected chi connectivity index (χ0v) is 13.8. The highest BCUT2D eigenvalue weighted by molar-refractivity contribution is 6.46. The molecule has 1 spiro atoms. The number of hydrogen-bond donors (Lipinski definition) is 1. The number of methoxy groups -OCH3 is 2. The number of fused-ring (bicyclic) bond motifs is 2. The van der Waals surface area contributed by atoms with Crippen molar-refractivity contribution in [3.05, 3.63) is 23.3 Å². The van der Waals surface area contributed by atoms with Crippen LogP contribution in [-0.4, -0.2) is 52.6 Å². The number of amides is 1. The number of rotatable bonds is 3. The number of nitrogens with zero attached hydrogens (tertiary/aromatic N) is 1. The Hall–Kier alpha value is -2.08. The second-order valence-corrected chi connectivity index (χ2v) is 5.89. The largest absolute Gasteiger partial charge is 0.493 e. The van der Waals surface area contributed by atoms with Crippen LogP contribution in [0, 0.1) is 0 Å². The van der Waals surface area contributed by atoms with E-state index in [1.807, 2.05) is 12.1 Å². The first-order valence-electron chi connectivity index (χ1n) is 7.76. The quantitative estimate of drug-likeness (QED) is 0.912. The Labute approximate surface area is 135 Å². The molecule has 0 radical (unpaired) electrons. The molecule has 0 saturated carbocycles. The summed E-state index contributed by atoms with van der Waals surface area (Å²) in [7, 11) is 4.83. The molecule has 1 aromatic rings. The van der Waals surface area contributed by atoms with Gasteiger partial charge in [0, 0.05) is 37.8 Å². The lowest BCUT2D eigenvalue weighted by molar-refractivity contribution is -0.114. The Morgan fingerprint density at radius 1 is 1.22 bits per heavy atom. The topological polar surface area (TPSA) is 69.2 Å². The van der Waals surface area contributed by atoms with Gasteiger partial charge in [-0.1, -0.05) is 0 Å². The molecule has 1 fully saturated rings. The van der Waals surface area contributed by atoms with Gasteiger partial charge in [-0.05, 0) is 30.5 Å². The van der Waals surface area contributed by atoms with Crippen LogP contribution in [-0.2, 0) is 14.9 Å². The summed E-state index contributed by atoms with van der Waals surface area (Å²) in [4.78, 5) is 16.8. The number of carbonyl (C=O) groups excluding carboxylic acids is 1. The van der Waals surface area contributed by atoms with Crippen LogP contribution in [0.5, 0.6) is 11.5 Å². The summed E-state index contributed by atoms with van der Waals surface area (Å²) in [6.45, 7) is 2.01. The van der Waals surface area contributed by atoms with Gasteiger partial charge in [0.25, 0.3) is 5.91 Å². The number of hydrogen-bond acceptors (Lipinski definition) is 5. The van der Waals surface area contributed by atoms with Gasteiger partial charge < -0.3 is 19.5 Å². The summed E-state index contributed by atoms with van der Waals surface area (Å²) in [5.41, 5.74) is 2.30. The molecule has 3 rings (SSSR count). The van der Waals surface area contributed by atoms with Gasteiger partial charge in [-0.25, -0.2) is 0 Å². The summed E-state index contributed by atoms with van der Waals surface area (Å²) in [6, 6.07) is 3.86. The Morgan fingerprint density at radius 3 is 2.48 bits per heavy atom. The van der Waals surface area contributed by atoms with Crippen molar-refractivity contribution in [3.63, 3.8) is 0 Å². The summed E-state index contributed by atoms with van der Waals surface area (Å²) >= 11 is 0. The van der Waals surface area contributed by atoms with E-state index in [9.17, 15) is 4.79 Å². The summed E-state index contributed by atoms with van der Waals surface area (Å²) in [5.74, 6) is 1.10. The molecule has 0 aliphatic carbocycles. The molecule has 0 aromatic heterocycles. The van der Waals surface area contributed by atoms with Crippen molar-refractivity contribution < 1.29 is 19.0 Å². The molecule has 2 aliphatic heterocycles. The predicted octanol–water partition coefficient (Wildman–Crippen LogP) is 1.30. The molecule has 6 heteroatoms. The van der Waals surface area contributed by atoms with Crippen LogP contribution >= 0.6 is 0 Å². The smallest absolute Gasteiger partial charge is 0.269 e. The van der Waals surface area contributed by atoms with Crippen molar-refractivity contribution in [2.24, 2.45) is 4.99 Å². The van der Waals surface area contributed by atoms with Crippen LogP contribution < -0.4 is 14.8 Å². The molecule has 124 valence electrons. The third-order valence-corrected chi connectivity index (χ3v) is 4.78. The van der Waals surface area contributed by atoms with Crippen LogP contribution in [0.2, 0.25) is 0 Å². The molecule has 2 heterocycles. The highest BCUT2D eigenvalue weighted by Crippen LogP contribution is 2.44. The highest BCUT2D eigenvalue weighted by atomic mass is 16.5. The highest BCUT2D eigenvalue weighted by Gasteiger charge is 2.41. The van der Waals surface area contributed by atoms with E-state index in [2.05, 4.69) is 10.3 Å². The third-order valence-electron chi connectivity index (χ3n) is 4.78. The molecule has 0 bridgehead atoms. The van der Waals surface area contributed by atoms with Crippen molar-refractivity contribution in [2.75, 3.05) is 41.0 Å². The lowest BCUT2D eigenvalue weighted by atomic mass is 9.70. The van der Waals surface area contributed by atoms with Gasteiger partial charge in [0.15, 0.2) is 11.5 Å². The fraction of sp³-hybridized carbons (Fsp3) is 0.529. The molecule has 1 N–H and O–H groups in total. The van der Waals surface area contributed by atoms with Crippen molar-refractivity contribution >= 4 is 11.6 Å². The molecule has 1 amide bonds. The minimum atomic E-state index is -0.180. The number of ether oxygens (including phenoxy) is 3. The average molecular weight is 318 g/mol. The lowest BCUT2D eigenvalue weighted by Gasteiger charge is -2.40. The van der Waals surface area contributed by atoms with Crippen molar-refractivity contribution in [3.8, 4) is 11.5 Å². The lowest BCUT2D eigenvalue weighted by Crippen LogP contribution is -2.43. The maximum atomic E-state index is 12.2. The van der Waals surface area contributed by atoms with E-state index in [0.29, 0.717) is 37.0 Å².